The molecule has 0 bridgehead atoms. The Labute approximate surface area is 119 Å². The lowest BCUT2D eigenvalue weighted by Crippen LogP contribution is -2.15. The number of hydrogen-bond donors (Lipinski definition) is 4. The molecule has 0 saturated carbocycles. The van der Waals surface area contributed by atoms with Gasteiger partial charge in [-0.05, 0) is 25.1 Å². The maximum absolute atomic E-state index is 12.0. The van der Waals surface area contributed by atoms with Crippen molar-refractivity contribution >= 4 is 29.0 Å². The topological polar surface area (TPSA) is 116 Å². The summed E-state index contributed by atoms with van der Waals surface area (Å²) < 4.78 is 0. The Morgan fingerprint density at radius 3 is 2.85 bits per heavy atom. The number of carbonyl (C=O) groups is 1. The van der Waals surface area contributed by atoms with Gasteiger partial charge in [-0.1, -0.05) is 16.8 Å². The van der Waals surface area contributed by atoms with Gasteiger partial charge in [0, 0.05) is 11.3 Å². The van der Waals surface area contributed by atoms with Crippen molar-refractivity contribution < 1.29 is 10.0 Å². The molecular formula is C12H12ClN5O2. The number of amides is 1. The van der Waals surface area contributed by atoms with Crippen LogP contribution in [0.25, 0.3) is 0 Å². The van der Waals surface area contributed by atoms with E-state index in [0.29, 0.717) is 22.5 Å². The molecule has 0 fully saturated rings. The summed E-state index contributed by atoms with van der Waals surface area (Å²) in [6, 6.07) is 4.65. The largest absolute Gasteiger partial charge is 0.409 e. The molecule has 1 amide bonds. The van der Waals surface area contributed by atoms with Crippen LogP contribution >= 0.6 is 11.6 Å². The minimum absolute atomic E-state index is 0.0598. The van der Waals surface area contributed by atoms with Crippen LogP contribution in [-0.2, 0) is 0 Å². The molecule has 0 spiro atoms. The fourth-order valence-electron chi connectivity index (χ4n) is 1.60. The molecule has 0 aliphatic heterocycles. The predicted molar refractivity (Wildman–Crippen MR) is 75.2 cm³/mol. The lowest BCUT2D eigenvalue weighted by molar-refractivity contribution is 0.102. The quantitative estimate of drug-likeness (QED) is 0.298. The number of nitrogens with zero attached hydrogens (tertiary/aromatic N) is 2. The van der Waals surface area contributed by atoms with E-state index in [1.54, 1.807) is 19.1 Å². The summed E-state index contributed by atoms with van der Waals surface area (Å²) in [5.41, 5.74) is 7.42. The van der Waals surface area contributed by atoms with Crippen molar-refractivity contribution in [1.29, 1.82) is 0 Å². The van der Waals surface area contributed by atoms with Gasteiger partial charge in [-0.15, -0.1) is 0 Å². The molecule has 2 rings (SSSR count). The molecule has 8 heteroatoms. The molecule has 0 saturated heterocycles. The van der Waals surface area contributed by atoms with Crippen molar-refractivity contribution in [3.8, 4) is 0 Å². The Hall–Kier alpha value is -2.54. The Bertz CT molecular complexity index is 680. The van der Waals surface area contributed by atoms with Crippen molar-refractivity contribution in [3.63, 3.8) is 0 Å². The van der Waals surface area contributed by atoms with Crippen molar-refractivity contribution in [1.82, 2.24) is 10.2 Å². The number of nitrogens with two attached hydrogens (primary N) is 1. The third-order valence-corrected chi connectivity index (χ3v) is 3.01. The number of hydrogen-bond acceptors (Lipinski definition) is 4. The molecule has 0 unspecified atom stereocenters. The van der Waals surface area contributed by atoms with Gasteiger partial charge in [0.25, 0.3) is 5.91 Å². The number of H-pyrrole nitrogens is 1. The number of amidine groups is 1. The second-order valence-corrected chi connectivity index (χ2v) is 4.45. The number of carbonyl (C=O) groups excluding carboxylic acids is 1. The van der Waals surface area contributed by atoms with Gasteiger partial charge in [0.05, 0.1) is 22.5 Å². The fourth-order valence-corrected chi connectivity index (χ4v) is 1.83. The second kappa shape index (κ2) is 5.62. The molecule has 1 aromatic heterocycles. The molecule has 20 heavy (non-hydrogen) atoms. The summed E-state index contributed by atoms with van der Waals surface area (Å²) in [5.74, 6) is -0.384. The molecule has 0 aliphatic carbocycles. The van der Waals surface area contributed by atoms with Gasteiger partial charge in [0.2, 0.25) is 0 Å². The lowest BCUT2D eigenvalue weighted by Gasteiger charge is -2.08. The highest BCUT2D eigenvalue weighted by Gasteiger charge is 2.13. The van der Waals surface area contributed by atoms with Crippen LogP contribution in [0.15, 0.2) is 29.6 Å². The average Bonchev–Trinajstić information content (AvgIpc) is 2.86. The minimum Gasteiger partial charge on any atom is -0.409 e. The van der Waals surface area contributed by atoms with Crippen LogP contribution in [-0.4, -0.2) is 27.1 Å². The van der Waals surface area contributed by atoms with Crippen LogP contribution in [0, 0.1) is 6.92 Å². The van der Waals surface area contributed by atoms with Crippen LogP contribution in [0.4, 0.5) is 5.69 Å². The predicted octanol–water partition coefficient (Wildman–Crippen LogP) is 1.72. The van der Waals surface area contributed by atoms with E-state index < -0.39 is 0 Å². The average molecular weight is 294 g/mol. The van der Waals surface area contributed by atoms with E-state index in [4.69, 9.17) is 22.5 Å². The van der Waals surface area contributed by atoms with Crippen LogP contribution in [0.2, 0.25) is 5.02 Å². The molecule has 0 radical (unpaired) electrons. The second-order valence-electron chi connectivity index (χ2n) is 4.04. The van der Waals surface area contributed by atoms with Crippen molar-refractivity contribution in [3.05, 3.63) is 46.2 Å². The number of aryl methyl sites for hydroxylation is 1. The molecule has 7 nitrogen and oxygen atoms in total. The van der Waals surface area contributed by atoms with Crippen LogP contribution in [0.5, 0.6) is 0 Å². The summed E-state index contributed by atoms with van der Waals surface area (Å²) in [7, 11) is 0. The first-order valence-electron chi connectivity index (χ1n) is 5.61. The normalized spacial score (nSPS) is 11.4. The number of nitrogens with one attached hydrogen (secondary N) is 2. The molecule has 1 heterocycles. The first-order valence-corrected chi connectivity index (χ1v) is 5.99. The van der Waals surface area contributed by atoms with Crippen molar-refractivity contribution in [2.75, 3.05) is 5.32 Å². The zero-order chi connectivity index (χ0) is 14.7. The van der Waals surface area contributed by atoms with Gasteiger partial charge >= 0.3 is 0 Å². The zero-order valence-electron chi connectivity index (χ0n) is 10.5. The van der Waals surface area contributed by atoms with Gasteiger partial charge in [-0.25, -0.2) is 0 Å². The highest BCUT2D eigenvalue weighted by Crippen LogP contribution is 2.23. The van der Waals surface area contributed by atoms with Gasteiger partial charge in [-0.2, -0.15) is 5.10 Å². The zero-order valence-corrected chi connectivity index (χ0v) is 11.3. The monoisotopic (exact) mass is 293 g/mol. The van der Waals surface area contributed by atoms with E-state index in [1.165, 1.54) is 12.3 Å². The molecular weight excluding hydrogens is 282 g/mol. The third-order valence-electron chi connectivity index (χ3n) is 2.70. The number of halogens is 1. The molecule has 104 valence electrons. The van der Waals surface area contributed by atoms with Gasteiger partial charge in [-0.3, -0.25) is 9.89 Å². The highest BCUT2D eigenvalue weighted by molar-refractivity contribution is 6.34. The Morgan fingerprint density at radius 1 is 1.55 bits per heavy atom. The van der Waals surface area contributed by atoms with Gasteiger partial charge < -0.3 is 16.3 Å². The molecule has 1 aromatic carbocycles. The minimum atomic E-state index is -0.324. The standard InChI is InChI=1S/C12H12ClN5O2/c1-6-8(5-15-17-6)12(19)16-10-3-2-7(4-9(10)13)11(14)18-20/h2-5,20H,1H3,(H2,14,18)(H,15,17)(H,16,19). The Morgan fingerprint density at radius 2 is 2.30 bits per heavy atom. The van der Waals surface area contributed by atoms with Crippen LogP contribution in [0.3, 0.4) is 0 Å². The highest BCUT2D eigenvalue weighted by atomic mass is 35.5. The number of anilines is 1. The van der Waals surface area contributed by atoms with Crippen molar-refractivity contribution in [2.24, 2.45) is 10.9 Å². The van der Waals surface area contributed by atoms with E-state index in [-0.39, 0.29) is 16.8 Å². The summed E-state index contributed by atoms with van der Waals surface area (Å²) in [6.45, 7) is 1.74. The molecule has 0 aliphatic rings. The van der Waals surface area contributed by atoms with Gasteiger partial charge in [0.1, 0.15) is 0 Å². The molecule has 0 atom stereocenters. The van der Waals surface area contributed by atoms with Crippen LogP contribution < -0.4 is 11.1 Å². The van der Waals surface area contributed by atoms with E-state index in [9.17, 15) is 4.79 Å². The Balaban J connectivity index is 2.23. The summed E-state index contributed by atoms with van der Waals surface area (Å²) in [6.07, 6.45) is 1.43. The van der Waals surface area contributed by atoms with Crippen LogP contribution in [0.1, 0.15) is 21.6 Å². The first kappa shape index (κ1) is 13.9. The summed E-state index contributed by atoms with van der Waals surface area (Å²) in [4.78, 5) is 12.0. The maximum atomic E-state index is 12.0. The van der Waals surface area contributed by atoms with E-state index in [0.717, 1.165) is 0 Å². The third kappa shape index (κ3) is 2.72. The molecule has 2 aromatic rings. The number of aromatic nitrogens is 2. The Kier molecular flexibility index (Phi) is 3.90. The number of rotatable bonds is 3. The molecule has 5 N–H and O–H groups in total. The fraction of sp³-hybridized carbons (Fsp3) is 0.0833. The number of oxime groups is 1. The number of aromatic amines is 1. The number of benzene rings is 1. The lowest BCUT2D eigenvalue weighted by atomic mass is 10.2. The van der Waals surface area contributed by atoms with E-state index >= 15 is 0 Å². The SMILES string of the molecule is Cc1[nH]ncc1C(=O)Nc1ccc(/C(N)=N/O)cc1Cl. The van der Waals surface area contributed by atoms with Crippen molar-refractivity contribution in [2.45, 2.75) is 6.92 Å². The van der Waals surface area contributed by atoms with E-state index in [2.05, 4.69) is 20.7 Å². The first-order chi connectivity index (χ1) is 9.52. The summed E-state index contributed by atoms with van der Waals surface area (Å²) >= 11 is 6.05. The maximum Gasteiger partial charge on any atom is 0.259 e. The summed E-state index contributed by atoms with van der Waals surface area (Å²) in [5, 5.41) is 20.9. The van der Waals surface area contributed by atoms with Gasteiger partial charge in [0.15, 0.2) is 5.84 Å². The van der Waals surface area contributed by atoms with E-state index in [1.807, 2.05) is 0 Å². The smallest absolute Gasteiger partial charge is 0.259 e.